The van der Waals surface area contributed by atoms with Crippen molar-refractivity contribution < 1.29 is 24.1 Å². The molecule has 0 spiro atoms. The molecular formula is C19H22O5S. The van der Waals surface area contributed by atoms with Gasteiger partial charge in [0.05, 0.1) is 14.2 Å². The quantitative estimate of drug-likeness (QED) is 0.501. The summed E-state index contributed by atoms with van der Waals surface area (Å²) >= 11 is 5.23. The molecular weight excluding hydrogens is 340 g/mol. The smallest absolute Gasteiger partial charge is 0.342 e. The van der Waals surface area contributed by atoms with E-state index in [1.807, 2.05) is 6.92 Å². The van der Waals surface area contributed by atoms with Crippen LogP contribution in [0.4, 0.5) is 0 Å². The second kappa shape index (κ2) is 7.04. The van der Waals surface area contributed by atoms with E-state index in [9.17, 15) is 9.90 Å². The molecule has 0 amide bonds. The van der Waals surface area contributed by atoms with Gasteiger partial charge in [0.2, 0.25) is 0 Å². The van der Waals surface area contributed by atoms with E-state index in [1.54, 1.807) is 14.2 Å². The molecule has 134 valence electrons. The Kier molecular flexibility index (Phi) is 4.99. The van der Waals surface area contributed by atoms with Gasteiger partial charge in [-0.1, -0.05) is 11.6 Å². The van der Waals surface area contributed by atoms with Crippen LogP contribution in [0.5, 0.6) is 11.5 Å². The lowest BCUT2D eigenvalue weighted by atomic mass is 9.94. The largest absolute Gasteiger partial charge is 0.507 e. The van der Waals surface area contributed by atoms with E-state index in [4.69, 9.17) is 26.4 Å². The molecule has 1 heterocycles. The highest BCUT2D eigenvalue weighted by Crippen LogP contribution is 2.42. The van der Waals surface area contributed by atoms with Crippen LogP contribution in [0, 0.1) is 12.8 Å². The Morgan fingerprint density at radius 2 is 2.20 bits per heavy atom. The maximum absolute atomic E-state index is 11.9. The summed E-state index contributed by atoms with van der Waals surface area (Å²) < 4.78 is 15.8. The van der Waals surface area contributed by atoms with E-state index in [0.29, 0.717) is 28.3 Å². The van der Waals surface area contributed by atoms with Gasteiger partial charge in [-0.15, -0.1) is 0 Å². The molecule has 2 aliphatic rings. The summed E-state index contributed by atoms with van der Waals surface area (Å²) in [7, 11) is 3.18. The van der Waals surface area contributed by atoms with Gasteiger partial charge in [-0.25, -0.2) is 4.79 Å². The Labute approximate surface area is 152 Å². The molecule has 1 atom stereocenters. The first-order chi connectivity index (χ1) is 12.0. The minimum Gasteiger partial charge on any atom is -0.507 e. The highest BCUT2D eigenvalue weighted by atomic mass is 32.1. The van der Waals surface area contributed by atoms with E-state index in [2.05, 4.69) is 6.08 Å². The van der Waals surface area contributed by atoms with Crippen molar-refractivity contribution in [3.8, 4) is 11.5 Å². The zero-order valence-electron chi connectivity index (χ0n) is 14.7. The summed E-state index contributed by atoms with van der Waals surface area (Å²) in [6.45, 7) is 2.07. The molecule has 0 saturated heterocycles. The van der Waals surface area contributed by atoms with Crippen molar-refractivity contribution in [1.29, 1.82) is 0 Å². The normalized spacial score (nSPS) is 20.5. The molecule has 25 heavy (non-hydrogen) atoms. The van der Waals surface area contributed by atoms with Crippen molar-refractivity contribution in [2.75, 3.05) is 14.2 Å². The third-order valence-electron chi connectivity index (χ3n) is 5.10. The maximum Gasteiger partial charge on any atom is 0.342 e. The van der Waals surface area contributed by atoms with Crippen LogP contribution in [-0.2, 0) is 22.5 Å². The summed E-state index contributed by atoms with van der Waals surface area (Å²) in [5, 5.41) is 11.3. The van der Waals surface area contributed by atoms with Gasteiger partial charge in [0.25, 0.3) is 0 Å². The van der Waals surface area contributed by atoms with Crippen molar-refractivity contribution in [2.45, 2.75) is 39.2 Å². The lowest BCUT2D eigenvalue weighted by Gasteiger charge is -2.15. The zero-order valence-corrected chi connectivity index (χ0v) is 15.5. The molecule has 6 heteroatoms. The van der Waals surface area contributed by atoms with Gasteiger partial charge in [-0.3, -0.25) is 0 Å². The number of phenols is 1. The molecule has 1 N–H and O–H groups in total. The molecule has 3 rings (SSSR count). The van der Waals surface area contributed by atoms with Crippen LogP contribution in [0.2, 0.25) is 0 Å². The SMILES string of the molecule is COC(=S)C1CCC(=CCc2c(O)c3c(c(C)c2OC)COC3=O)C1. The number of benzene rings is 1. The van der Waals surface area contributed by atoms with Crippen molar-refractivity contribution in [2.24, 2.45) is 5.92 Å². The molecule has 0 radical (unpaired) electrons. The van der Waals surface area contributed by atoms with Gasteiger partial charge in [0, 0.05) is 17.0 Å². The van der Waals surface area contributed by atoms with Crippen LogP contribution in [0.3, 0.4) is 0 Å². The lowest BCUT2D eigenvalue weighted by molar-refractivity contribution is 0.0533. The third kappa shape index (κ3) is 3.11. The maximum atomic E-state index is 11.9. The number of cyclic esters (lactones) is 1. The molecule has 1 saturated carbocycles. The van der Waals surface area contributed by atoms with Crippen LogP contribution in [-0.4, -0.2) is 30.3 Å². The predicted molar refractivity (Wildman–Crippen MR) is 97.3 cm³/mol. The Hall–Kier alpha value is -2.08. The first-order valence-electron chi connectivity index (χ1n) is 8.32. The zero-order chi connectivity index (χ0) is 18.1. The standard InChI is InChI=1S/C19H22O5S/c1-10-14-9-24-18(21)15(14)16(20)13(17(10)22-2)7-5-11-4-6-12(8-11)19(25)23-3/h5,12,20H,4,6-9H2,1-3H3. The molecule has 5 nitrogen and oxygen atoms in total. The highest BCUT2D eigenvalue weighted by Gasteiger charge is 2.32. The lowest BCUT2D eigenvalue weighted by Crippen LogP contribution is -2.09. The van der Waals surface area contributed by atoms with Crippen molar-refractivity contribution in [1.82, 2.24) is 0 Å². The molecule has 1 aliphatic carbocycles. The molecule has 1 fully saturated rings. The second-order valence-corrected chi connectivity index (χ2v) is 6.85. The molecule has 0 aromatic heterocycles. The molecule has 1 aliphatic heterocycles. The minimum atomic E-state index is -0.474. The first kappa shape index (κ1) is 17.7. The van der Waals surface area contributed by atoms with E-state index in [1.165, 1.54) is 5.57 Å². The van der Waals surface area contributed by atoms with Gasteiger partial charge in [-0.05, 0) is 50.4 Å². The number of fused-ring (bicyclic) bond motifs is 1. The van der Waals surface area contributed by atoms with Crippen molar-refractivity contribution >= 4 is 23.2 Å². The van der Waals surface area contributed by atoms with E-state index >= 15 is 0 Å². The Morgan fingerprint density at radius 3 is 2.88 bits per heavy atom. The first-order valence-corrected chi connectivity index (χ1v) is 8.72. The summed E-state index contributed by atoms with van der Waals surface area (Å²) in [6.07, 6.45) is 5.42. The number of phenolic OH excluding ortho intramolecular Hbond substituents is 1. The summed E-state index contributed by atoms with van der Waals surface area (Å²) in [4.78, 5) is 11.9. The Balaban J connectivity index is 1.90. The second-order valence-electron chi connectivity index (χ2n) is 6.44. The average Bonchev–Trinajstić information content (AvgIpc) is 3.23. The third-order valence-corrected chi connectivity index (χ3v) is 5.60. The van der Waals surface area contributed by atoms with E-state index in [-0.39, 0.29) is 23.8 Å². The van der Waals surface area contributed by atoms with Crippen LogP contribution in [0.25, 0.3) is 0 Å². The topological polar surface area (TPSA) is 65.0 Å². The minimum absolute atomic E-state index is 0.0289. The van der Waals surface area contributed by atoms with Crippen LogP contribution in [0.15, 0.2) is 11.6 Å². The fourth-order valence-electron chi connectivity index (χ4n) is 3.71. The van der Waals surface area contributed by atoms with Gasteiger partial charge in [0.15, 0.2) is 5.05 Å². The number of thiocarbonyl (C=S) groups is 1. The number of methoxy groups -OCH3 is 2. The van der Waals surface area contributed by atoms with E-state index in [0.717, 1.165) is 24.8 Å². The number of rotatable bonds is 4. The Morgan fingerprint density at radius 1 is 1.44 bits per heavy atom. The predicted octanol–water partition coefficient (Wildman–Crippen LogP) is 3.62. The number of carbonyl (C=O) groups is 1. The summed E-state index contributed by atoms with van der Waals surface area (Å²) in [5.74, 6) is 0.393. The molecule has 1 unspecified atom stereocenters. The number of hydrogen-bond donors (Lipinski definition) is 1. The molecule has 0 bridgehead atoms. The van der Waals surface area contributed by atoms with Crippen molar-refractivity contribution in [3.05, 3.63) is 33.9 Å². The number of ether oxygens (including phenoxy) is 3. The van der Waals surface area contributed by atoms with Crippen LogP contribution < -0.4 is 4.74 Å². The van der Waals surface area contributed by atoms with Gasteiger partial charge >= 0.3 is 5.97 Å². The van der Waals surface area contributed by atoms with Gasteiger partial charge in [-0.2, -0.15) is 0 Å². The fourth-order valence-corrected chi connectivity index (χ4v) is 3.91. The van der Waals surface area contributed by atoms with Crippen LogP contribution in [0.1, 0.15) is 46.3 Å². The van der Waals surface area contributed by atoms with E-state index < -0.39 is 5.97 Å². The van der Waals surface area contributed by atoms with Gasteiger partial charge < -0.3 is 19.3 Å². The number of carbonyl (C=O) groups excluding carboxylic acids is 1. The monoisotopic (exact) mass is 362 g/mol. The Bertz CT molecular complexity index is 766. The van der Waals surface area contributed by atoms with Crippen molar-refractivity contribution in [3.63, 3.8) is 0 Å². The summed E-state index contributed by atoms with van der Waals surface area (Å²) in [5.41, 5.74) is 3.74. The fraction of sp³-hybridized carbons (Fsp3) is 0.474. The average molecular weight is 362 g/mol. The number of esters is 1. The van der Waals surface area contributed by atoms with Crippen LogP contribution >= 0.6 is 12.2 Å². The number of aromatic hydroxyl groups is 1. The van der Waals surface area contributed by atoms with Gasteiger partial charge in [0.1, 0.15) is 23.7 Å². The highest BCUT2D eigenvalue weighted by molar-refractivity contribution is 7.80. The molecule has 1 aromatic carbocycles. The number of allylic oxidation sites excluding steroid dienone is 2. The summed E-state index contributed by atoms with van der Waals surface area (Å²) in [6, 6.07) is 0. The number of hydrogen-bond acceptors (Lipinski definition) is 6. The molecule has 1 aromatic rings.